The van der Waals surface area contributed by atoms with Crippen molar-refractivity contribution in [3.63, 3.8) is 0 Å². The average molecular weight is 145 g/mol. The molecule has 1 aliphatic heterocycles. The van der Waals surface area contributed by atoms with E-state index in [1.807, 2.05) is 6.92 Å². The van der Waals surface area contributed by atoms with Gasteiger partial charge in [-0.2, -0.15) is 0 Å². The molecule has 2 atom stereocenters. The van der Waals surface area contributed by atoms with Gasteiger partial charge in [0.05, 0.1) is 12.2 Å². The lowest BCUT2D eigenvalue weighted by Gasteiger charge is -2.12. The Bertz CT molecular complexity index is 97.6. The molecule has 0 aromatic rings. The van der Waals surface area contributed by atoms with Crippen LogP contribution in [0.15, 0.2) is 0 Å². The van der Waals surface area contributed by atoms with Crippen LogP contribution in [0.1, 0.15) is 13.3 Å². The van der Waals surface area contributed by atoms with E-state index < -0.39 is 0 Å². The van der Waals surface area contributed by atoms with Crippen molar-refractivity contribution in [2.75, 3.05) is 19.7 Å². The summed E-state index contributed by atoms with van der Waals surface area (Å²) in [5.41, 5.74) is 0. The van der Waals surface area contributed by atoms with Crippen molar-refractivity contribution >= 4 is 0 Å². The Morgan fingerprint density at radius 3 is 3.00 bits per heavy atom. The second-order valence-electron chi connectivity index (χ2n) is 2.57. The predicted octanol–water partition coefficient (Wildman–Crippen LogP) is -0.254. The van der Waals surface area contributed by atoms with Crippen molar-refractivity contribution in [1.82, 2.24) is 5.32 Å². The zero-order valence-corrected chi connectivity index (χ0v) is 6.34. The Labute approximate surface area is 61.4 Å². The molecule has 3 heteroatoms. The van der Waals surface area contributed by atoms with Crippen molar-refractivity contribution in [3.05, 3.63) is 0 Å². The molecule has 1 fully saturated rings. The van der Waals surface area contributed by atoms with Crippen LogP contribution in [0.5, 0.6) is 0 Å². The summed E-state index contributed by atoms with van der Waals surface area (Å²) in [5, 5.41) is 12.4. The van der Waals surface area contributed by atoms with Gasteiger partial charge < -0.3 is 15.2 Å². The molecule has 1 aliphatic rings. The number of likely N-dealkylation sites (N-methyl/N-ethyl adjacent to an activating group) is 1. The van der Waals surface area contributed by atoms with Gasteiger partial charge in [-0.05, 0) is 13.0 Å². The van der Waals surface area contributed by atoms with E-state index in [9.17, 15) is 5.11 Å². The maximum absolute atomic E-state index is 9.25. The molecule has 1 heterocycles. The average Bonchev–Trinajstić information content (AvgIpc) is 2.31. The molecule has 0 aliphatic carbocycles. The Balaban J connectivity index is 2.14. The van der Waals surface area contributed by atoms with Gasteiger partial charge in [-0.3, -0.25) is 0 Å². The molecular weight excluding hydrogens is 130 g/mol. The van der Waals surface area contributed by atoms with Crippen LogP contribution in [0.25, 0.3) is 0 Å². The van der Waals surface area contributed by atoms with Crippen molar-refractivity contribution in [1.29, 1.82) is 0 Å². The molecule has 2 unspecified atom stereocenters. The first-order chi connectivity index (χ1) is 4.84. The van der Waals surface area contributed by atoms with E-state index >= 15 is 0 Å². The number of rotatable bonds is 3. The maximum Gasteiger partial charge on any atom is 0.0958 e. The van der Waals surface area contributed by atoms with E-state index in [1.165, 1.54) is 0 Å². The van der Waals surface area contributed by atoms with Crippen molar-refractivity contribution in [3.8, 4) is 0 Å². The van der Waals surface area contributed by atoms with Gasteiger partial charge in [0, 0.05) is 13.2 Å². The monoisotopic (exact) mass is 145 g/mol. The van der Waals surface area contributed by atoms with Gasteiger partial charge >= 0.3 is 0 Å². The highest BCUT2D eigenvalue weighted by atomic mass is 16.5. The van der Waals surface area contributed by atoms with E-state index in [4.69, 9.17) is 4.74 Å². The van der Waals surface area contributed by atoms with Gasteiger partial charge in [-0.15, -0.1) is 0 Å². The molecule has 60 valence electrons. The summed E-state index contributed by atoms with van der Waals surface area (Å²) in [7, 11) is 0. The Morgan fingerprint density at radius 1 is 1.70 bits per heavy atom. The van der Waals surface area contributed by atoms with Crippen LogP contribution in [-0.4, -0.2) is 37.0 Å². The highest BCUT2D eigenvalue weighted by Crippen LogP contribution is 2.11. The summed E-state index contributed by atoms with van der Waals surface area (Å²) >= 11 is 0. The molecule has 0 aromatic carbocycles. The smallest absolute Gasteiger partial charge is 0.0958 e. The number of hydrogen-bond acceptors (Lipinski definition) is 3. The molecule has 3 nitrogen and oxygen atoms in total. The number of ether oxygens (including phenoxy) is 1. The zero-order valence-electron chi connectivity index (χ0n) is 6.34. The zero-order chi connectivity index (χ0) is 7.40. The second-order valence-corrected chi connectivity index (χ2v) is 2.57. The molecule has 0 saturated carbocycles. The largest absolute Gasteiger partial charge is 0.390 e. The van der Waals surface area contributed by atoms with Gasteiger partial charge in [0.25, 0.3) is 0 Å². The lowest BCUT2D eigenvalue weighted by molar-refractivity contribution is 0.0432. The molecular formula is C7H15NO2. The van der Waals surface area contributed by atoms with E-state index in [2.05, 4.69) is 5.32 Å². The first kappa shape index (κ1) is 7.98. The molecule has 0 spiro atoms. The molecule has 0 bridgehead atoms. The lowest BCUT2D eigenvalue weighted by atomic mass is 10.2. The summed E-state index contributed by atoms with van der Waals surface area (Å²) in [5.74, 6) is 0. The van der Waals surface area contributed by atoms with Crippen LogP contribution < -0.4 is 5.32 Å². The third-order valence-electron chi connectivity index (χ3n) is 1.77. The van der Waals surface area contributed by atoms with Gasteiger partial charge in [-0.25, -0.2) is 0 Å². The second kappa shape index (κ2) is 3.91. The fourth-order valence-corrected chi connectivity index (χ4v) is 1.12. The molecule has 1 saturated heterocycles. The minimum atomic E-state index is -0.251. The molecule has 0 radical (unpaired) electrons. The molecule has 2 N–H and O–H groups in total. The third kappa shape index (κ3) is 1.94. The maximum atomic E-state index is 9.25. The number of aliphatic hydroxyl groups excluding tert-OH is 1. The summed E-state index contributed by atoms with van der Waals surface area (Å²) in [6.45, 7) is 4.46. The highest BCUT2D eigenvalue weighted by molar-refractivity contribution is 4.76. The van der Waals surface area contributed by atoms with Crippen LogP contribution in [0, 0.1) is 0 Å². The number of nitrogens with one attached hydrogen (secondary N) is 1. The molecule has 1 rings (SSSR count). The minimum Gasteiger partial charge on any atom is -0.390 e. The Morgan fingerprint density at radius 2 is 2.50 bits per heavy atom. The number of aliphatic hydroxyl groups is 1. The quantitative estimate of drug-likeness (QED) is 0.575. The normalized spacial score (nSPS) is 33.0. The third-order valence-corrected chi connectivity index (χ3v) is 1.77. The fraction of sp³-hybridized carbons (Fsp3) is 1.00. The highest BCUT2D eigenvalue weighted by Gasteiger charge is 2.24. The molecule has 0 aromatic heterocycles. The Hall–Kier alpha value is -0.120. The van der Waals surface area contributed by atoms with Gasteiger partial charge in [0.15, 0.2) is 0 Å². The van der Waals surface area contributed by atoms with Crippen LogP contribution >= 0.6 is 0 Å². The minimum absolute atomic E-state index is 0.0277. The Kier molecular flexibility index (Phi) is 3.12. The van der Waals surface area contributed by atoms with Crippen LogP contribution in [0.4, 0.5) is 0 Å². The fourth-order valence-electron chi connectivity index (χ4n) is 1.12. The van der Waals surface area contributed by atoms with E-state index in [-0.39, 0.29) is 12.2 Å². The SMILES string of the molecule is CCNCC1OCCC1O. The van der Waals surface area contributed by atoms with Crippen molar-refractivity contribution < 1.29 is 9.84 Å². The predicted molar refractivity (Wildman–Crippen MR) is 38.9 cm³/mol. The summed E-state index contributed by atoms with van der Waals surface area (Å²) in [6, 6.07) is 0. The first-order valence-corrected chi connectivity index (χ1v) is 3.85. The number of hydrogen-bond donors (Lipinski definition) is 2. The van der Waals surface area contributed by atoms with Crippen LogP contribution in [0.3, 0.4) is 0 Å². The first-order valence-electron chi connectivity index (χ1n) is 3.85. The van der Waals surface area contributed by atoms with Crippen LogP contribution in [-0.2, 0) is 4.74 Å². The van der Waals surface area contributed by atoms with Crippen molar-refractivity contribution in [2.45, 2.75) is 25.6 Å². The topological polar surface area (TPSA) is 41.5 Å². The van der Waals surface area contributed by atoms with E-state index in [0.717, 1.165) is 19.5 Å². The lowest BCUT2D eigenvalue weighted by Crippen LogP contribution is -2.33. The molecule has 0 amide bonds. The summed E-state index contributed by atoms with van der Waals surface area (Å²) in [4.78, 5) is 0. The molecule has 10 heavy (non-hydrogen) atoms. The van der Waals surface area contributed by atoms with Gasteiger partial charge in [0.2, 0.25) is 0 Å². The van der Waals surface area contributed by atoms with Crippen molar-refractivity contribution in [2.24, 2.45) is 0 Å². The van der Waals surface area contributed by atoms with Crippen LogP contribution in [0.2, 0.25) is 0 Å². The van der Waals surface area contributed by atoms with E-state index in [1.54, 1.807) is 0 Å². The standard InChI is InChI=1S/C7H15NO2/c1-2-8-5-7-6(9)3-4-10-7/h6-9H,2-5H2,1H3. The van der Waals surface area contributed by atoms with Gasteiger partial charge in [0.1, 0.15) is 0 Å². The van der Waals surface area contributed by atoms with E-state index in [0.29, 0.717) is 6.61 Å². The summed E-state index contributed by atoms with van der Waals surface area (Å²) < 4.78 is 5.25. The van der Waals surface area contributed by atoms with Gasteiger partial charge in [-0.1, -0.05) is 6.92 Å². The summed E-state index contributed by atoms with van der Waals surface area (Å²) in [6.07, 6.45) is 0.565.